The molecule has 0 aromatic heterocycles. The van der Waals surface area contributed by atoms with Crippen LogP contribution in [0.15, 0.2) is 12.1 Å². The fourth-order valence-electron chi connectivity index (χ4n) is 1.12. The number of methoxy groups -OCH3 is 1. The lowest BCUT2D eigenvalue weighted by Crippen LogP contribution is -2.00. The Hall–Kier alpha value is -0.770. The number of hydrogen-bond acceptors (Lipinski definition) is 3. The molecular formula is C9H12ClNO2. The molecule has 0 atom stereocenters. The Kier molecular flexibility index (Phi) is 3.54. The van der Waals surface area contributed by atoms with Crippen molar-refractivity contribution in [2.75, 3.05) is 7.11 Å². The topological polar surface area (TPSA) is 44.5 Å². The number of halogens is 1. The summed E-state index contributed by atoms with van der Waals surface area (Å²) >= 11 is 5.95. The minimum absolute atomic E-state index is 0.287. The molecule has 0 fully saturated rings. The first kappa shape index (κ1) is 10.3. The van der Waals surface area contributed by atoms with E-state index < -0.39 is 0 Å². The molecule has 2 N–H and O–H groups in total. The summed E-state index contributed by atoms with van der Waals surface area (Å²) in [7, 11) is 1.61. The van der Waals surface area contributed by atoms with Gasteiger partial charge in [0, 0.05) is 10.6 Å². The third kappa shape index (κ3) is 2.34. The summed E-state index contributed by atoms with van der Waals surface area (Å²) < 4.78 is 5.13. The van der Waals surface area contributed by atoms with Gasteiger partial charge in [0.05, 0.1) is 13.7 Å². The number of aryl methyl sites for hydroxylation is 1. The van der Waals surface area contributed by atoms with Crippen molar-refractivity contribution in [2.45, 2.75) is 13.5 Å². The van der Waals surface area contributed by atoms with Crippen molar-refractivity contribution >= 4 is 11.6 Å². The number of hydrogen-bond donors (Lipinski definition) is 1. The monoisotopic (exact) mass is 201 g/mol. The Balaban J connectivity index is 3.06. The summed E-state index contributed by atoms with van der Waals surface area (Å²) in [6.07, 6.45) is 0. The van der Waals surface area contributed by atoms with Crippen molar-refractivity contribution in [3.8, 4) is 5.75 Å². The third-order valence-corrected chi connectivity index (χ3v) is 2.15. The van der Waals surface area contributed by atoms with Gasteiger partial charge in [-0.2, -0.15) is 0 Å². The second-order valence-electron chi connectivity index (χ2n) is 2.72. The van der Waals surface area contributed by atoms with Crippen molar-refractivity contribution in [2.24, 2.45) is 5.90 Å². The summed E-state index contributed by atoms with van der Waals surface area (Å²) in [4.78, 5) is 4.51. The number of nitrogens with two attached hydrogens (primary N) is 1. The maximum atomic E-state index is 5.95. The first-order chi connectivity index (χ1) is 6.19. The lowest BCUT2D eigenvalue weighted by Gasteiger charge is -2.08. The van der Waals surface area contributed by atoms with E-state index in [0.29, 0.717) is 5.02 Å². The smallest absolute Gasteiger partial charge is 0.122 e. The first-order valence-electron chi connectivity index (χ1n) is 3.83. The van der Waals surface area contributed by atoms with Gasteiger partial charge in [-0.1, -0.05) is 11.6 Å². The SMILES string of the molecule is COc1cc(CON)c(Cl)cc1C. The summed E-state index contributed by atoms with van der Waals surface area (Å²) in [5.41, 5.74) is 1.82. The van der Waals surface area contributed by atoms with Gasteiger partial charge in [-0.05, 0) is 24.6 Å². The Labute approximate surface area is 82.4 Å². The van der Waals surface area contributed by atoms with Crippen LogP contribution < -0.4 is 10.6 Å². The Morgan fingerprint density at radius 3 is 2.69 bits per heavy atom. The predicted octanol–water partition coefficient (Wildman–Crippen LogP) is 2.05. The van der Waals surface area contributed by atoms with Crippen LogP contribution >= 0.6 is 11.6 Å². The highest BCUT2D eigenvalue weighted by Crippen LogP contribution is 2.26. The van der Waals surface area contributed by atoms with E-state index in [1.807, 2.05) is 19.1 Å². The van der Waals surface area contributed by atoms with Crippen molar-refractivity contribution in [3.05, 3.63) is 28.3 Å². The first-order valence-corrected chi connectivity index (χ1v) is 4.21. The molecule has 0 spiro atoms. The summed E-state index contributed by atoms with van der Waals surface area (Å²) in [6, 6.07) is 3.65. The van der Waals surface area contributed by atoms with Crippen LogP contribution in [0.3, 0.4) is 0 Å². The van der Waals surface area contributed by atoms with E-state index in [1.54, 1.807) is 7.11 Å². The zero-order valence-electron chi connectivity index (χ0n) is 7.63. The zero-order valence-corrected chi connectivity index (χ0v) is 8.39. The Bertz CT molecular complexity index is 302. The fourth-order valence-corrected chi connectivity index (χ4v) is 1.39. The van der Waals surface area contributed by atoms with Crippen molar-refractivity contribution in [3.63, 3.8) is 0 Å². The van der Waals surface area contributed by atoms with Gasteiger partial charge >= 0.3 is 0 Å². The maximum Gasteiger partial charge on any atom is 0.122 e. The van der Waals surface area contributed by atoms with Crippen LogP contribution in [0.1, 0.15) is 11.1 Å². The molecule has 72 valence electrons. The third-order valence-electron chi connectivity index (χ3n) is 1.80. The highest BCUT2D eigenvalue weighted by atomic mass is 35.5. The van der Waals surface area contributed by atoms with Crippen molar-refractivity contribution in [1.82, 2.24) is 0 Å². The molecule has 0 bridgehead atoms. The molecule has 1 aromatic carbocycles. The number of ether oxygens (including phenoxy) is 1. The number of benzene rings is 1. The lowest BCUT2D eigenvalue weighted by atomic mass is 10.1. The molecule has 0 radical (unpaired) electrons. The van der Waals surface area contributed by atoms with Crippen LogP contribution in [0, 0.1) is 6.92 Å². The second kappa shape index (κ2) is 4.46. The maximum absolute atomic E-state index is 5.95. The van der Waals surface area contributed by atoms with Gasteiger partial charge < -0.3 is 4.74 Å². The average molecular weight is 202 g/mol. The summed E-state index contributed by atoms with van der Waals surface area (Å²) in [5, 5.41) is 0.642. The Morgan fingerprint density at radius 1 is 1.46 bits per heavy atom. The lowest BCUT2D eigenvalue weighted by molar-refractivity contribution is 0.124. The molecule has 0 aliphatic rings. The molecule has 0 unspecified atom stereocenters. The minimum Gasteiger partial charge on any atom is -0.496 e. The van der Waals surface area contributed by atoms with Crippen LogP contribution in [0.5, 0.6) is 5.75 Å². The normalized spacial score (nSPS) is 10.2. The van der Waals surface area contributed by atoms with Crippen LogP contribution in [0.4, 0.5) is 0 Å². The molecule has 0 aliphatic carbocycles. The predicted molar refractivity (Wildman–Crippen MR) is 51.7 cm³/mol. The molecule has 0 saturated heterocycles. The van der Waals surface area contributed by atoms with Crippen LogP contribution in [0.2, 0.25) is 5.02 Å². The standard InChI is InChI=1S/C9H12ClNO2/c1-6-3-8(10)7(5-13-11)4-9(6)12-2/h3-4H,5,11H2,1-2H3. The largest absolute Gasteiger partial charge is 0.496 e. The van der Waals surface area contributed by atoms with Crippen molar-refractivity contribution < 1.29 is 9.57 Å². The van der Waals surface area contributed by atoms with E-state index in [1.165, 1.54) is 0 Å². The van der Waals surface area contributed by atoms with Gasteiger partial charge in [0.25, 0.3) is 0 Å². The van der Waals surface area contributed by atoms with Crippen molar-refractivity contribution in [1.29, 1.82) is 0 Å². The van der Waals surface area contributed by atoms with Gasteiger partial charge in [0.15, 0.2) is 0 Å². The second-order valence-corrected chi connectivity index (χ2v) is 3.13. The van der Waals surface area contributed by atoms with E-state index in [2.05, 4.69) is 4.84 Å². The Morgan fingerprint density at radius 2 is 2.15 bits per heavy atom. The van der Waals surface area contributed by atoms with Gasteiger partial charge in [-0.3, -0.25) is 4.84 Å². The van der Waals surface area contributed by atoms with E-state index >= 15 is 0 Å². The molecule has 0 aliphatic heterocycles. The minimum atomic E-state index is 0.287. The molecular weight excluding hydrogens is 190 g/mol. The summed E-state index contributed by atoms with van der Waals surface area (Å²) in [5.74, 6) is 5.75. The van der Waals surface area contributed by atoms with E-state index in [9.17, 15) is 0 Å². The quantitative estimate of drug-likeness (QED) is 0.762. The van der Waals surface area contributed by atoms with Crippen LogP contribution in [-0.4, -0.2) is 7.11 Å². The molecule has 0 amide bonds. The fraction of sp³-hybridized carbons (Fsp3) is 0.333. The van der Waals surface area contributed by atoms with Crippen LogP contribution in [-0.2, 0) is 11.4 Å². The number of rotatable bonds is 3. The van der Waals surface area contributed by atoms with Gasteiger partial charge in [0.2, 0.25) is 0 Å². The molecule has 0 saturated carbocycles. The molecule has 0 heterocycles. The van der Waals surface area contributed by atoms with Gasteiger partial charge in [-0.25, -0.2) is 5.90 Å². The zero-order chi connectivity index (χ0) is 9.84. The van der Waals surface area contributed by atoms with E-state index in [4.69, 9.17) is 22.2 Å². The van der Waals surface area contributed by atoms with Gasteiger partial charge in [0.1, 0.15) is 5.75 Å². The van der Waals surface area contributed by atoms with Crippen LogP contribution in [0.25, 0.3) is 0 Å². The molecule has 1 aromatic rings. The van der Waals surface area contributed by atoms with E-state index in [0.717, 1.165) is 16.9 Å². The van der Waals surface area contributed by atoms with E-state index in [-0.39, 0.29) is 6.61 Å². The van der Waals surface area contributed by atoms with Gasteiger partial charge in [-0.15, -0.1) is 0 Å². The highest BCUT2D eigenvalue weighted by Gasteiger charge is 2.05. The highest BCUT2D eigenvalue weighted by molar-refractivity contribution is 6.31. The summed E-state index contributed by atoms with van der Waals surface area (Å²) in [6.45, 7) is 2.22. The molecule has 1 rings (SSSR count). The molecule has 4 heteroatoms. The molecule has 3 nitrogen and oxygen atoms in total. The molecule has 13 heavy (non-hydrogen) atoms. The average Bonchev–Trinajstić information content (AvgIpc) is 2.10.